The largest absolute Gasteiger partial charge is 0.496 e. The van der Waals surface area contributed by atoms with E-state index < -0.39 is 10.0 Å². The Labute approximate surface area is 158 Å². The second kappa shape index (κ2) is 7.40. The Hall–Kier alpha value is -2.87. The standard InChI is InChI=1S/C19H22N4O3S/c1-12(2)18-20-19(22-21-18)15-7-5-6-8-16(15)23-27(24,25)14-9-10-17(26-4)13(3)11-14/h5-12,23H,1-4H3,(H,20,21,22). The van der Waals surface area contributed by atoms with Crippen LogP contribution in [0.25, 0.3) is 11.4 Å². The van der Waals surface area contributed by atoms with Gasteiger partial charge >= 0.3 is 0 Å². The van der Waals surface area contributed by atoms with Gasteiger partial charge in [0, 0.05) is 11.5 Å². The first-order valence-corrected chi connectivity index (χ1v) is 9.99. The molecule has 0 spiro atoms. The molecule has 0 fully saturated rings. The van der Waals surface area contributed by atoms with E-state index in [9.17, 15) is 8.42 Å². The lowest BCUT2D eigenvalue weighted by molar-refractivity contribution is 0.411. The zero-order valence-corrected chi connectivity index (χ0v) is 16.5. The van der Waals surface area contributed by atoms with Gasteiger partial charge in [0.25, 0.3) is 10.0 Å². The van der Waals surface area contributed by atoms with Crippen LogP contribution in [0.15, 0.2) is 47.4 Å². The van der Waals surface area contributed by atoms with Gasteiger partial charge in [-0.25, -0.2) is 13.4 Å². The Morgan fingerprint density at radius 1 is 1.15 bits per heavy atom. The third-order valence-corrected chi connectivity index (χ3v) is 5.50. The van der Waals surface area contributed by atoms with Crippen LogP contribution in [0.2, 0.25) is 0 Å². The van der Waals surface area contributed by atoms with Crippen molar-refractivity contribution in [3.63, 3.8) is 0 Å². The molecule has 142 valence electrons. The molecule has 0 saturated heterocycles. The number of benzene rings is 2. The zero-order valence-electron chi connectivity index (χ0n) is 15.6. The molecule has 0 unspecified atom stereocenters. The summed E-state index contributed by atoms with van der Waals surface area (Å²) in [6, 6.07) is 11.8. The molecule has 0 aliphatic carbocycles. The first-order chi connectivity index (χ1) is 12.8. The molecule has 2 N–H and O–H groups in total. The highest BCUT2D eigenvalue weighted by atomic mass is 32.2. The van der Waals surface area contributed by atoms with E-state index in [1.165, 1.54) is 6.07 Å². The second-order valence-electron chi connectivity index (χ2n) is 6.48. The third kappa shape index (κ3) is 3.95. The van der Waals surface area contributed by atoms with Crippen LogP contribution < -0.4 is 9.46 Å². The number of aryl methyl sites for hydroxylation is 1. The molecule has 0 bridgehead atoms. The number of nitrogens with zero attached hydrogens (tertiary/aromatic N) is 2. The minimum absolute atomic E-state index is 0.161. The number of rotatable bonds is 6. The molecule has 0 radical (unpaired) electrons. The highest BCUT2D eigenvalue weighted by molar-refractivity contribution is 7.92. The van der Waals surface area contributed by atoms with Crippen molar-refractivity contribution in [2.45, 2.75) is 31.6 Å². The van der Waals surface area contributed by atoms with Crippen LogP contribution >= 0.6 is 0 Å². The monoisotopic (exact) mass is 386 g/mol. The topological polar surface area (TPSA) is 97.0 Å². The third-order valence-electron chi connectivity index (χ3n) is 4.14. The molecule has 27 heavy (non-hydrogen) atoms. The smallest absolute Gasteiger partial charge is 0.261 e. The maximum atomic E-state index is 12.8. The Bertz CT molecular complexity index is 1060. The van der Waals surface area contributed by atoms with Crippen molar-refractivity contribution >= 4 is 15.7 Å². The fourth-order valence-corrected chi connectivity index (χ4v) is 3.81. The van der Waals surface area contributed by atoms with Crippen molar-refractivity contribution in [3.8, 4) is 17.1 Å². The van der Waals surface area contributed by atoms with Crippen molar-refractivity contribution in [1.29, 1.82) is 0 Å². The lowest BCUT2D eigenvalue weighted by Crippen LogP contribution is -2.14. The normalized spacial score (nSPS) is 11.6. The van der Waals surface area contributed by atoms with E-state index in [0.717, 1.165) is 11.4 Å². The zero-order chi connectivity index (χ0) is 19.6. The van der Waals surface area contributed by atoms with Crippen LogP contribution in [-0.2, 0) is 10.0 Å². The number of nitrogens with one attached hydrogen (secondary N) is 2. The van der Waals surface area contributed by atoms with Crippen molar-refractivity contribution < 1.29 is 13.2 Å². The number of H-pyrrole nitrogens is 1. The van der Waals surface area contributed by atoms with Crippen LogP contribution in [-0.4, -0.2) is 30.7 Å². The maximum absolute atomic E-state index is 12.8. The summed E-state index contributed by atoms with van der Waals surface area (Å²) in [5.74, 6) is 2.02. The van der Waals surface area contributed by atoms with Gasteiger partial charge in [-0.2, -0.15) is 5.10 Å². The van der Waals surface area contributed by atoms with E-state index in [0.29, 0.717) is 22.8 Å². The van der Waals surface area contributed by atoms with Gasteiger partial charge < -0.3 is 4.74 Å². The van der Waals surface area contributed by atoms with E-state index in [2.05, 4.69) is 19.9 Å². The Morgan fingerprint density at radius 2 is 1.89 bits per heavy atom. The van der Waals surface area contributed by atoms with Crippen LogP contribution in [0, 0.1) is 6.92 Å². The van der Waals surface area contributed by atoms with Gasteiger partial charge in [0.15, 0.2) is 5.82 Å². The predicted octanol–water partition coefficient (Wildman–Crippen LogP) is 3.71. The molecule has 0 aliphatic rings. The Kier molecular flexibility index (Phi) is 5.18. The first-order valence-electron chi connectivity index (χ1n) is 8.51. The van der Waals surface area contributed by atoms with Gasteiger partial charge in [0.05, 0.1) is 17.7 Å². The summed E-state index contributed by atoms with van der Waals surface area (Å²) in [5.41, 5.74) is 1.76. The molecule has 8 heteroatoms. The van der Waals surface area contributed by atoms with Crippen LogP contribution in [0.4, 0.5) is 5.69 Å². The SMILES string of the molecule is COc1ccc(S(=O)(=O)Nc2ccccc2-c2n[nH]c(C(C)C)n2)cc1C. The number of ether oxygens (including phenoxy) is 1. The highest BCUT2D eigenvalue weighted by Gasteiger charge is 2.19. The van der Waals surface area contributed by atoms with Crippen LogP contribution in [0.5, 0.6) is 5.75 Å². The number of anilines is 1. The number of hydrogen-bond donors (Lipinski definition) is 2. The summed E-state index contributed by atoms with van der Waals surface area (Å²) in [5, 5.41) is 7.11. The van der Waals surface area contributed by atoms with Gasteiger partial charge in [-0.05, 0) is 42.8 Å². The van der Waals surface area contributed by atoms with Gasteiger partial charge in [-0.3, -0.25) is 9.82 Å². The summed E-state index contributed by atoms with van der Waals surface area (Å²) in [7, 11) is -2.22. The average molecular weight is 386 g/mol. The molecule has 0 atom stereocenters. The molecule has 7 nitrogen and oxygen atoms in total. The number of para-hydroxylation sites is 1. The lowest BCUT2D eigenvalue weighted by atomic mass is 10.1. The quantitative estimate of drug-likeness (QED) is 0.673. The number of aromatic nitrogens is 3. The first kappa shape index (κ1) is 18.9. The van der Waals surface area contributed by atoms with Crippen LogP contribution in [0.3, 0.4) is 0 Å². The molecule has 0 amide bonds. The summed E-state index contributed by atoms with van der Waals surface area (Å²) in [6.07, 6.45) is 0. The Morgan fingerprint density at radius 3 is 2.52 bits per heavy atom. The summed E-state index contributed by atoms with van der Waals surface area (Å²) >= 11 is 0. The lowest BCUT2D eigenvalue weighted by Gasteiger charge is -2.12. The molecule has 1 heterocycles. The minimum Gasteiger partial charge on any atom is -0.496 e. The van der Waals surface area contributed by atoms with Crippen LogP contribution in [0.1, 0.15) is 31.2 Å². The molecule has 0 saturated carbocycles. The summed E-state index contributed by atoms with van der Waals surface area (Å²) < 4.78 is 33.5. The van der Waals surface area contributed by atoms with E-state index >= 15 is 0 Å². The van der Waals surface area contributed by atoms with E-state index in [1.807, 2.05) is 19.9 Å². The fraction of sp³-hybridized carbons (Fsp3) is 0.263. The summed E-state index contributed by atoms with van der Waals surface area (Å²) in [4.78, 5) is 4.62. The average Bonchev–Trinajstić information content (AvgIpc) is 3.12. The molecule has 3 aromatic rings. The van der Waals surface area contributed by atoms with Gasteiger partial charge in [-0.1, -0.05) is 26.0 Å². The van der Waals surface area contributed by atoms with Crippen molar-refractivity contribution in [2.75, 3.05) is 11.8 Å². The predicted molar refractivity (Wildman–Crippen MR) is 104 cm³/mol. The molecular formula is C19H22N4O3S. The maximum Gasteiger partial charge on any atom is 0.261 e. The fourth-order valence-electron chi connectivity index (χ4n) is 2.64. The highest BCUT2D eigenvalue weighted by Crippen LogP contribution is 2.29. The summed E-state index contributed by atoms with van der Waals surface area (Å²) in [6.45, 7) is 5.81. The molecule has 0 aliphatic heterocycles. The molecule has 2 aromatic carbocycles. The van der Waals surface area contributed by atoms with Crippen molar-refractivity contribution in [2.24, 2.45) is 0 Å². The van der Waals surface area contributed by atoms with Crippen molar-refractivity contribution in [1.82, 2.24) is 15.2 Å². The second-order valence-corrected chi connectivity index (χ2v) is 8.16. The molecule has 1 aromatic heterocycles. The van der Waals surface area contributed by atoms with Gasteiger partial charge in [0.2, 0.25) is 0 Å². The van der Waals surface area contributed by atoms with E-state index in [4.69, 9.17) is 4.74 Å². The van der Waals surface area contributed by atoms with Gasteiger partial charge in [0.1, 0.15) is 11.6 Å². The number of hydrogen-bond acceptors (Lipinski definition) is 5. The number of methoxy groups -OCH3 is 1. The van der Waals surface area contributed by atoms with E-state index in [-0.39, 0.29) is 10.8 Å². The Balaban J connectivity index is 1.96. The molecular weight excluding hydrogens is 364 g/mol. The van der Waals surface area contributed by atoms with E-state index in [1.54, 1.807) is 44.4 Å². The van der Waals surface area contributed by atoms with Gasteiger partial charge in [-0.15, -0.1) is 0 Å². The number of sulfonamides is 1. The minimum atomic E-state index is -3.77. The number of aromatic amines is 1. The van der Waals surface area contributed by atoms with Crippen molar-refractivity contribution in [3.05, 3.63) is 53.9 Å². The molecule has 3 rings (SSSR count).